The predicted molar refractivity (Wildman–Crippen MR) is 122 cm³/mol. The van der Waals surface area contributed by atoms with E-state index >= 15 is 0 Å². The lowest BCUT2D eigenvalue weighted by Gasteiger charge is -2.16. The SMILES string of the molecule is COC(=O)c1c(C)nc2ccn(-c3ccc4c(c3)OCO4)c(=O)c2c1-c1ccc(OC)cc1. The number of aryl methyl sites for hydroxylation is 1. The summed E-state index contributed by atoms with van der Waals surface area (Å²) in [6.07, 6.45) is 1.66. The Hall–Kier alpha value is -4.33. The zero-order chi connectivity index (χ0) is 23.1. The van der Waals surface area contributed by atoms with E-state index in [4.69, 9.17) is 18.9 Å². The second kappa shape index (κ2) is 7.98. The van der Waals surface area contributed by atoms with E-state index in [1.54, 1.807) is 68.8 Å². The Morgan fingerprint density at radius 1 is 1.03 bits per heavy atom. The van der Waals surface area contributed by atoms with Crippen LogP contribution in [-0.4, -0.2) is 36.5 Å². The number of nitrogens with zero attached hydrogens (tertiary/aromatic N) is 2. The maximum atomic E-state index is 13.8. The molecule has 0 fully saturated rings. The Morgan fingerprint density at radius 3 is 2.52 bits per heavy atom. The predicted octanol–water partition coefficient (Wildman–Crippen LogP) is 3.89. The Labute approximate surface area is 188 Å². The standard InChI is InChI=1S/C25H20N2O6/c1-14-21(25(29)31-3)22(15-4-7-17(30-2)8-5-15)23-18(26-14)10-11-27(24(23)28)16-6-9-19-20(12-16)33-13-32-19/h4-12H,13H2,1-3H3. The second-order valence-electron chi connectivity index (χ2n) is 7.46. The summed E-state index contributed by atoms with van der Waals surface area (Å²) in [7, 11) is 2.88. The molecule has 0 spiro atoms. The van der Waals surface area contributed by atoms with E-state index in [-0.39, 0.29) is 17.9 Å². The van der Waals surface area contributed by atoms with Gasteiger partial charge in [0, 0.05) is 17.8 Å². The Balaban J connectivity index is 1.83. The maximum absolute atomic E-state index is 13.8. The number of aromatic nitrogens is 2. The van der Waals surface area contributed by atoms with Crippen molar-refractivity contribution in [3.05, 3.63) is 76.3 Å². The number of rotatable bonds is 4. The molecule has 0 bridgehead atoms. The number of carbonyl (C=O) groups is 1. The largest absolute Gasteiger partial charge is 0.497 e. The van der Waals surface area contributed by atoms with Crippen LogP contribution in [0.3, 0.4) is 0 Å². The van der Waals surface area contributed by atoms with Crippen LogP contribution in [0, 0.1) is 6.92 Å². The molecule has 0 unspecified atom stereocenters. The number of hydrogen-bond acceptors (Lipinski definition) is 7. The molecule has 0 saturated heterocycles. The smallest absolute Gasteiger partial charge is 0.340 e. The van der Waals surface area contributed by atoms with Gasteiger partial charge in [-0.3, -0.25) is 14.3 Å². The van der Waals surface area contributed by atoms with Crippen LogP contribution in [0.4, 0.5) is 0 Å². The summed E-state index contributed by atoms with van der Waals surface area (Å²) in [6.45, 7) is 1.86. The third-order valence-corrected chi connectivity index (χ3v) is 5.62. The lowest BCUT2D eigenvalue weighted by atomic mass is 9.95. The highest BCUT2D eigenvalue weighted by Gasteiger charge is 2.24. The van der Waals surface area contributed by atoms with Crippen molar-refractivity contribution in [2.45, 2.75) is 6.92 Å². The van der Waals surface area contributed by atoms with Crippen LogP contribution in [0.2, 0.25) is 0 Å². The lowest BCUT2D eigenvalue weighted by molar-refractivity contribution is 0.0600. The monoisotopic (exact) mass is 444 g/mol. The molecule has 0 radical (unpaired) electrons. The fourth-order valence-electron chi connectivity index (χ4n) is 4.03. The van der Waals surface area contributed by atoms with Crippen LogP contribution in [0.15, 0.2) is 59.5 Å². The first-order valence-electron chi connectivity index (χ1n) is 10.2. The van der Waals surface area contributed by atoms with Crippen molar-refractivity contribution in [3.8, 4) is 34.1 Å². The molecule has 4 aromatic rings. The van der Waals surface area contributed by atoms with Gasteiger partial charge in [-0.2, -0.15) is 0 Å². The molecule has 5 rings (SSSR count). The number of pyridine rings is 2. The number of esters is 1. The Bertz CT molecular complexity index is 1460. The van der Waals surface area contributed by atoms with E-state index in [9.17, 15) is 9.59 Å². The van der Waals surface area contributed by atoms with E-state index in [0.29, 0.717) is 50.7 Å². The maximum Gasteiger partial charge on any atom is 0.340 e. The van der Waals surface area contributed by atoms with Gasteiger partial charge in [0.2, 0.25) is 6.79 Å². The van der Waals surface area contributed by atoms with Gasteiger partial charge < -0.3 is 18.9 Å². The first-order chi connectivity index (χ1) is 16.0. The summed E-state index contributed by atoms with van der Waals surface area (Å²) in [6, 6.07) is 14.2. The average Bonchev–Trinajstić information content (AvgIpc) is 3.31. The van der Waals surface area contributed by atoms with Gasteiger partial charge in [0.15, 0.2) is 11.5 Å². The Kier molecular flexibility index (Phi) is 4.97. The van der Waals surface area contributed by atoms with Gasteiger partial charge in [-0.25, -0.2) is 4.79 Å². The zero-order valence-electron chi connectivity index (χ0n) is 18.2. The van der Waals surface area contributed by atoms with Crippen LogP contribution in [-0.2, 0) is 4.74 Å². The van der Waals surface area contributed by atoms with Crippen LogP contribution in [0.25, 0.3) is 27.7 Å². The van der Waals surface area contributed by atoms with Crippen molar-refractivity contribution < 1.29 is 23.7 Å². The fourth-order valence-corrected chi connectivity index (χ4v) is 4.03. The zero-order valence-corrected chi connectivity index (χ0v) is 18.2. The molecule has 33 heavy (non-hydrogen) atoms. The van der Waals surface area contributed by atoms with Gasteiger partial charge in [-0.05, 0) is 42.8 Å². The molecular formula is C25H20N2O6. The summed E-state index contributed by atoms with van der Waals surface area (Å²) in [5.41, 5.74) is 2.62. The van der Waals surface area contributed by atoms with E-state index in [1.807, 2.05) is 0 Å². The van der Waals surface area contributed by atoms with E-state index in [1.165, 1.54) is 11.7 Å². The molecule has 0 aliphatic carbocycles. The van der Waals surface area contributed by atoms with Gasteiger partial charge in [0.05, 0.1) is 42.1 Å². The first-order valence-corrected chi connectivity index (χ1v) is 10.2. The fraction of sp³-hybridized carbons (Fsp3) is 0.160. The summed E-state index contributed by atoms with van der Waals surface area (Å²) in [5.74, 6) is 1.28. The average molecular weight is 444 g/mol. The molecule has 2 aromatic carbocycles. The molecule has 1 aliphatic rings. The first kappa shape index (κ1) is 20.6. The van der Waals surface area contributed by atoms with E-state index in [2.05, 4.69) is 4.98 Å². The molecule has 1 aliphatic heterocycles. The highest BCUT2D eigenvalue weighted by atomic mass is 16.7. The lowest BCUT2D eigenvalue weighted by Crippen LogP contribution is -2.20. The van der Waals surface area contributed by atoms with Crippen molar-refractivity contribution >= 4 is 16.9 Å². The van der Waals surface area contributed by atoms with Gasteiger partial charge >= 0.3 is 5.97 Å². The quantitative estimate of drug-likeness (QED) is 0.441. The molecule has 0 N–H and O–H groups in total. The van der Waals surface area contributed by atoms with Crippen LogP contribution in [0.1, 0.15) is 16.1 Å². The number of benzene rings is 2. The number of methoxy groups -OCH3 is 2. The summed E-state index contributed by atoms with van der Waals surface area (Å²) < 4.78 is 22.6. The highest BCUT2D eigenvalue weighted by Crippen LogP contribution is 2.35. The second-order valence-corrected chi connectivity index (χ2v) is 7.46. The third-order valence-electron chi connectivity index (χ3n) is 5.62. The number of ether oxygens (including phenoxy) is 4. The molecular weight excluding hydrogens is 424 g/mol. The van der Waals surface area contributed by atoms with E-state index in [0.717, 1.165) is 0 Å². The molecule has 0 atom stereocenters. The van der Waals surface area contributed by atoms with Crippen LogP contribution >= 0.6 is 0 Å². The van der Waals surface area contributed by atoms with Crippen molar-refractivity contribution in [3.63, 3.8) is 0 Å². The van der Waals surface area contributed by atoms with Gasteiger partial charge in [-0.1, -0.05) is 12.1 Å². The normalized spacial score (nSPS) is 12.1. The molecule has 8 nitrogen and oxygen atoms in total. The summed E-state index contributed by atoms with van der Waals surface area (Å²) in [4.78, 5) is 31.1. The minimum atomic E-state index is -0.564. The van der Waals surface area contributed by atoms with Gasteiger partial charge in [0.25, 0.3) is 5.56 Å². The molecule has 3 heterocycles. The van der Waals surface area contributed by atoms with Gasteiger partial charge in [0.1, 0.15) is 5.75 Å². The Morgan fingerprint density at radius 2 is 1.79 bits per heavy atom. The van der Waals surface area contributed by atoms with Crippen molar-refractivity contribution in [2.24, 2.45) is 0 Å². The van der Waals surface area contributed by atoms with Crippen molar-refractivity contribution in [1.82, 2.24) is 9.55 Å². The number of hydrogen-bond donors (Lipinski definition) is 0. The molecule has 0 saturated carbocycles. The van der Waals surface area contributed by atoms with Crippen LogP contribution in [0.5, 0.6) is 17.2 Å². The summed E-state index contributed by atoms with van der Waals surface area (Å²) >= 11 is 0. The van der Waals surface area contributed by atoms with E-state index < -0.39 is 5.97 Å². The number of carbonyl (C=O) groups excluding carboxylic acids is 1. The molecule has 166 valence electrons. The number of fused-ring (bicyclic) bond motifs is 2. The van der Waals surface area contributed by atoms with Gasteiger partial charge in [-0.15, -0.1) is 0 Å². The van der Waals surface area contributed by atoms with Crippen molar-refractivity contribution in [1.29, 1.82) is 0 Å². The van der Waals surface area contributed by atoms with Crippen molar-refractivity contribution in [2.75, 3.05) is 21.0 Å². The minimum absolute atomic E-state index is 0.138. The topological polar surface area (TPSA) is 88.9 Å². The minimum Gasteiger partial charge on any atom is -0.497 e. The molecule has 8 heteroatoms. The molecule has 2 aromatic heterocycles. The third kappa shape index (κ3) is 3.36. The summed E-state index contributed by atoms with van der Waals surface area (Å²) in [5, 5.41) is 0.311. The molecule has 0 amide bonds. The highest BCUT2D eigenvalue weighted by molar-refractivity contribution is 6.07. The van der Waals surface area contributed by atoms with Crippen LogP contribution < -0.4 is 19.8 Å².